The summed E-state index contributed by atoms with van der Waals surface area (Å²) in [6.45, 7) is 5.57. The third-order valence-electron chi connectivity index (χ3n) is 8.22. The maximum absolute atomic E-state index is 13.7. The largest absolute Gasteiger partial charge is 0.490 e. The second-order valence-electron chi connectivity index (χ2n) is 10.8. The maximum atomic E-state index is 13.7. The Morgan fingerprint density at radius 2 is 1.76 bits per heavy atom. The number of piperidine rings is 1. The van der Waals surface area contributed by atoms with E-state index >= 15 is 0 Å². The number of halogens is 1. The molecule has 0 aromatic heterocycles. The fourth-order valence-corrected chi connectivity index (χ4v) is 6.00. The molecule has 2 heterocycles. The number of carbonyl (C=O) groups is 2. The molecule has 1 atom stereocenters. The van der Waals surface area contributed by atoms with Crippen molar-refractivity contribution in [3.63, 3.8) is 0 Å². The van der Waals surface area contributed by atoms with E-state index in [0.29, 0.717) is 45.3 Å². The van der Waals surface area contributed by atoms with Gasteiger partial charge in [0.15, 0.2) is 0 Å². The highest BCUT2D eigenvalue weighted by Gasteiger charge is 2.54. The lowest BCUT2D eigenvalue weighted by Crippen LogP contribution is -2.73. The van der Waals surface area contributed by atoms with E-state index in [-0.39, 0.29) is 24.2 Å². The second-order valence-corrected chi connectivity index (χ2v) is 10.8. The molecule has 2 N–H and O–H groups in total. The summed E-state index contributed by atoms with van der Waals surface area (Å²) in [5, 5.41) is 14.1. The molecule has 3 fully saturated rings. The van der Waals surface area contributed by atoms with E-state index in [9.17, 15) is 14.7 Å². The predicted octanol–water partition coefficient (Wildman–Crippen LogP) is 4.09. The van der Waals surface area contributed by atoms with Crippen molar-refractivity contribution >= 4 is 24.2 Å². The molecule has 206 valence electrons. The van der Waals surface area contributed by atoms with Crippen LogP contribution >= 0.6 is 12.4 Å². The molecule has 4 rings (SSSR count). The molecule has 2 amide bonds. The summed E-state index contributed by atoms with van der Waals surface area (Å²) in [5.41, 5.74) is -1.61. The van der Waals surface area contributed by atoms with Crippen LogP contribution in [0.1, 0.15) is 71.1 Å². The van der Waals surface area contributed by atoms with Crippen molar-refractivity contribution in [2.75, 3.05) is 32.8 Å². The lowest BCUT2D eigenvalue weighted by Gasteiger charge is -2.52. The molecule has 2 aliphatic heterocycles. The predicted molar refractivity (Wildman–Crippen MR) is 148 cm³/mol. The van der Waals surface area contributed by atoms with Gasteiger partial charge in [0, 0.05) is 32.6 Å². The highest BCUT2D eigenvalue weighted by molar-refractivity contribution is 6.00. The standard InChI is InChI=1S/C29H43N3O4.ClH/c1-2-3-19-32-26(33)25(23-28(35)14-8-5-9-15-28)30-27(34)29(32)16-20-31(21-17-29)18-10-11-22-36-24-12-6-4-7-13-24;/h4,6-7,10-13,25,35H,2-3,5,8-9,14-23H2,1H3,(H,30,34);1H/b11-10+;/t25-;/m1./s1. The van der Waals surface area contributed by atoms with Crippen LogP contribution in [0.25, 0.3) is 0 Å². The van der Waals surface area contributed by atoms with Crippen LogP contribution in [-0.4, -0.2) is 76.7 Å². The molecule has 1 saturated carbocycles. The lowest BCUT2D eigenvalue weighted by molar-refractivity contribution is -0.163. The van der Waals surface area contributed by atoms with Gasteiger partial charge in [0.05, 0.1) is 5.60 Å². The monoisotopic (exact) mass is 533 g/mol. The van der Waals surface area contributed by atoms with E-state index in [2.05, 4.69) is 23.2 Å². The molecule has 1 aromatic carbocycles. The van der Waals surface area contributed by atoms with E-state index in [1.165, 1.54) is 0 Å². The summed E-state index contributed by atoms with van der Waals surface area (Å²) in [4.78, 5) is 31.4. The summed E-state index contributed by atoms with van der Waals surface area (Å²) in [6.07, 6.45) is 12.1. The molecule has 1 aliphatic carbocycles. The van der Waals surface area contributed by atoms with Gasteiger partial charge in [-0.05, 0) is 44.2 Å². The third-order valence-corrected chi connectivity index (χ3v) is 8.22. The molecule has 0 bridgehead atoms. The van der Waals surface area contributed by atoms with Gasteiger partial charge < -0.3 is 20.1 Å². The van der Waals surface area contributed by atoms with Gasteiger partial charge in [-0.2, -0.15) is 0 Å². The van der Waals surface area contributed by atoms with Crippen LogP contribution in [0.15, 0.2) is 42.5 Å². The first-order valence-corrected chi connectivity index (χ1v) is 13.9. The minimum Gasteiger partial charge on any atom is -0.490 e. The topological polar surface area (TPSA) is 82.1 Å². The number of ether oxygens (including phenoxy) is 1. The number of nitrogens with one attached hydrogen (secondary N) is 1. The number of nitrogens with zero attached hydrogens (tertiary/aromatic N) is 2. The number of hydrogen-bond acceptors (Lipinski definition) is 5. The van der Waals surface area contributed by atoms with Crippen molar-refractivity contribution in [1.82, 2.24) is 15.1 Å². The molecule has 7 nitrogen and oxygen atoms in total. The summed E-state index contributed by atoms with van der Waals surface area (Å²) in [5.74, 6) is 0.818. The number of aliphatic hydroxyl groups is 1. The Kier molecular flexibility index (Phi) is 10.9. The highest BCUT2D eigenvalue weighted by atomic mass is 35.5. The van der Waals surface area contributed by atoms with Crippen LogP contribution in [0.4, 0.5) is 0 Å². The van der Waals surface area contributed by atoms with Crippen molar-refractivity contribution in [2.45, 2.75) is 88.3 Å². The number of para-hydroxylation sites is 1. The fraction of sp³-hybridized carbons (Fsp3) is 0.655. The first-order chi connectivity index (χ1) is 17.5. The summed E-state index contributed by atoms with van der Waals surface area (Å²) < 4.78 is 5.71. The number of piperazine rings is 1. The number of rotatable bonds is 10. The third kappa shape index (κ3) is 7.27. The van der Waals surface area contributed by atoms with Crippen LogP contribution in [0, 0.1) is 0 Å². The molecule has 0 radical (unpaired) electrons. The zero-order valence-corrected chi connectivity index (χ0v) is 23.0. The first kappa shape index (κ1) is 29.5. The smallest absolute Gasteiger partial charge is 0.246 e. The van der Waals surface area contributed by atoms with Crippen LogP contribution in [0.5, 0.6) is 5.75 Å². The SMILES string of the molecule is CCCCN1C(=O)[C@@H](CC2(O)CCCCC2)NC(=O)C12CCN(C/C=C/COc1ccccc1)CC2.Cl. The van der Waals surface area contributed by atoms with E-state index in [1.54, 1.807) is 0 Å². The number of hydrogen-bond donors (Lipinski definition) is 2. The Bertz CT molecular complexity index is 896. The van der Waals surface area contributed by atoms with Crippen molar-refractivity contribution < 1.29 is 19.4 Å². The molecule has 8 heteroatoms. The van der Waals surface area contributed by atoms with Gasteiger partial charge in [0.25, 0.3) is 0 Å². The number of carbonyl (C=O) groups excluding carboxylic acids is 2. The molecule has 3 aliphatic rings. The molecular weight excluding hydrogens is 490 g/mol. The summed E-state index contributed by atoms with van der Waals surface area (Å²) >= 11 is 0. The molecule has 1 spiro atoms. The Hall–Kier alpha value is -2.09. The van der Waals surface area contributed by atoms with Crippen molar-refractivity contribution in [1.29, 1.82) is 0 Å². The average molecular weight is 534 g/mol. The van der Waals surface area contributed by atoms with E-state index in [4.69, 9.17) is 4.74 Å². The van der Waals surface area contributed by atoms with Gasteiger partial charge in [-0.3, -0.25) is 14.5 Å². The van der Waals surface area contributed by atoms with Crippen LogP contribution in [-0.2, 0) is 9.59 Å². The Labute approximate surface area is 228 Å². The van der Waals surface area contributed by atoms with Crippen LogP contribution in [0.2, 0.25) is 0 Å². The van der Waals surface area contributed by atoms with Gasteiger partial charge in [-0.1, -0.05) is 63.0 Å². The zero-order chi connectivity index (χ0) is 25.4. The molecule has 2 saturated heterocycles. The normalized spacial score (nSPS) is 23.6. The highest BCUT2D eigenvalue weighted by Crippen LogP contribution is 2.37. The van der Waals surface area contributed by atoms with Crippen LogP contribution < -0.4 is 10.1 Å². The van der Waals surface area contributed by atoms with Gasteiger partial charge in [0.2, 0.25) is 11.8 Å². The number of unbranched alkanes of at least 4 members (excludes halogenated alkanes) is 1. The van der Waals surface area contributed by atoms with E-state index in [1.807, 2.05) is 41.3 Å². The number of amides is 2. The Morgan fingerprint density at radius 3 is 2.43 bits per heavy atom. The Balaban J connectivity index is 0.00000380. The van der Waals surface area contributed by atoms with E-state index < -0.39 is 17.2 Å². The summed E-state index contributed by atoms with van der Waals surface area (Å²) in [6, 6.07) is 9.15. The maximum Gasteiger partial charge on any atom is 0.246 e. The van der Waals surface area contributed by atoms with Gasteiger partial charge in [0.1, 0.15) is 23.9 Å². The minimum absolute atomic E-state index is 0. The van der Waals surface area contributed by atoms with Crippen molar-refractivity contribution in [3.05, 3.63) is 42.5 Å². The number of benzene rings is 1. The first-order valence-electron chi connectivity index (χ1n) is 13.9. The quantitative estimate of drug-likeness (QED) is 0.443. The van der Waals surface area contributed by atoms with Gasteiger partial charge in [-0.15, -0.1) is 12.4 Å². The molecule has 37 heavy (non-hydrogen) atoms. The zero-order valence-electron chi connectivity index (χ0n) is 22.2. The average Bonchev–Trinajstić information content (AvgIpc) is 2.89. The fourth-order valence-electron chi connectivity index (χ4n) is 6.00. The second kappa shape index (κ2) is 13.6. The van der Waals surface area contributed by atoms with Gasteiger partial charge >= 0.3 is 0 Å². The molecule has 1 aromatic rings. The number of likely N-dealkylation sites (tertiary alicyclic amines) is 1. The van der Waals surface area contributed by atoms with Crippen molar-refractivity contribution in [2.24, 2.45) is 0 Å². The van der Waals surface area contributed by atoms with Crippen LogP contribution in [0.3, 0.4) is 0 Å². The molecular formula is C29H44ClN3O4. The summed E-state index contributed by atoms with van der Waals surface area (Å²) in [7, 11) is 0. The molecule has 0 unspecified atom stereocenters. The van der Waals surface area contributed by atoms with Gasteiger partial charge in [-0.25, -0.2) is 0 Å². The lowest BCUT2D eigenvalue weighted by atomic mass is 9.77. The Morgan fingerprint density at radius 1 is 1.05 bits per heavy atom. The minimum atomic E-state index is -0.841. The van der Waals surface area contributed by atoms with Crippen molar-refractivity contribution in [3.8, 4) is 5.75 Å². The van der Waals surface area contributed by atoms with E-state index in [0.717, 1.165) is 57.5 Å².